The van der Waals surface area contributed by atoms with E-state index >= 15 is 0 Å². The summed E-state index contributed by atoms with van der Waals surface area (Å²) in [6.45, 7) is 0.169. The SMILES string of the molecule is CCC1=C(N)c2ccc(OCC(F)(F)F)cc2S1(=O)=O. The zero-order chi connectivity index (χ0) is 15.1. The first-order valence-corrected chi connectivity index (χ1v) is 7.23. The Balaban J connectivity index is 2.38. The van der Waals surface area contributed by atoms with E-state index in [0.29, 0.717) is 5.56 Å². The number of hydrogen-bond acceptors (Lipinski definition) is 4. The third kappa shape index (κ3) is 2.47. The highest BCUT2D eigenvalue weighted by Gasteiger charge is 2.34. The molecule has 0 saturated carbocycles. The second-order valence-corrected chi connectivity index (χ2v) is 6.20. The lowest BCUT2D eigenvalue weighted by molar-refractivity contribution is -0.153. The topological polar surface area (TPSA) is 69.4 Å². The van der Waals surface area contributed by atoms with Crippen LogP contribution in [0.15, 0.2) is 28.0 Å². The normalized spacial score (nSPS) is 17.2. The Bertz CT molecular complexity index is 678. The van der Waals surface area contributed by atoms with Crippen LogP contribution in [-0.4, -0.2) is 21.2 Å². The van der Waals surface area contributed by atoms with Crippen LogP contribution in [0.5, 0.6) is 5.75 Å². The van der Waals surface area contributed by atoms with E-state index in [-0.39, 0.29) is 27.7 Å². The number of nitrogens with two attached hydrogens (primary N) is 1. The first kappa shape index (κ1) is 14.7. The van der Waals surface area contributed by atoms with E-state index in [2.05, 4.69) is 4.74 Å². The maximum atomic E-state index is 12.2. The summed E-state index contributed by atoms with van der Waals surface area (Å²) in [6, 6.07) is 3.70. The molecule has 0 aromatic heterocycles. The largest absolute Gasteiger partial charge is 0.484 e. The second-order valence-electron chi connectivity index (χ2n) is 4.26. The number of ether oxygens (including phenoxy) is 1. The Hall–Kier alpha value is -1.70. The highest BCUT2D eigenvalue weighted by atomic mass is 32.2. The molecule has 110 valence electrons. The van der Waals surface area contributed by atoms with Gasteiger partial charge in [-0.3, -0.25) is 0 Å². The van der Waals surface area contributed by atoms with Crippen molar-refractivity contribution < 1.29 is 26.3 Å². The summed E-state index contributed by atoms with van der Waals surface area (Å²) in [7, 11) is -3.73. The van der Waals surface area contributed by atoms with Gasteiger partial charge in [0, 0.05) is 5.56 Å². The molecular weight excluding hydrogens is 295 g/mol. The number of alkyl halides is 3. The molecule has 0 radical (unpaired) electrons. The lowest BCUT2D eigenvalue weighted by atomic mass is 10.1. The molecular formula is C12H12F3NO3S. The van der Waals surface area contributed by atoms with Gasteiger partial charge in [0.1, 0.15) is 5.75 Å². The van der Waals surface area contributed by atoms with Crippen molar-refractivity contribution >= 4 is 15.5 Å². The van der Waals surface area contributed by atoms with E-state index in [9.17, 15) is 21.6 Å². The first-order valence-electron chi connectivity index (χ1n) is 5.74. The first-order chi connectivity index (χ1) is 9.16. The molecule has 0 atom stereocenters. The molecule has 2 rings (SSSR count). The molecule has 1 aromatic rings. The molecule has 0 bridgehead atoms. The third-order valence-electron chi connectivity index (χ3n) is 2.88. The van der Waals surface area contributed by atoms with Crippen molar-refractivity contribution in [2.75, 3.05) is 6.61 Å². The Kier molecular flexibility index (Phi) is 3.45. The summed E-state index contributed by atoms with van der Waals surface area (Å²) >= 11 is 0. The quantitative estimate of drug-likeness (QED) is 0.931. The van der Waals surface area contributed by atoms with Crippen molar-refractivity contribution in [2.45, 2.75) is 24.4 Å². The second kappa shape index (κ2) is 4.69. The number of sulfone groups is 1. The zero-order valence-electron chi connectivity index (χ0n) is 10.5. The molecule has 8 heteroatoms. The average Bonchev–Trinajstić information content (AvgIpc) is 2.53. The average molecular weight is 307 g/mol. The monoisotopic (exact) mass is 307 g/mol. The smallest absolute Gasteiger partial charge is 0.422 e. The van der Waals surface area contributed by atoms with Crippen LogP contribution >= 0.6 is 0 Å². The van der Waals surface area contributed by atoms with Crippen molar-refractivity contribution in [2.24, 2.45) is 5.73 Å². The van der Waals surface area contributed by atoms with E-state index in [1.165, 1.54) is 12.1 Å². The number of rotatable bonds is 3. The molecule has 4 nitrogen and oxygen atoms in total. The predicted octanol–water partition coefficient (Wildman–Crippen LogP) is 2.45. The van der Waals surface area contributed by atoms with E-state index in [4.69, 9.17) is 5.73 Å². The van der Waals surface area contributed by atoms with Crippen LogP contribution in [0.25, 0.3) is 5.70 Å². The highest BCUT2D eigenvalue weighted by Crippen LogP contribution is 2.39. The Labute approximate surface area is 114 Å². The zero-order valence-corrected chi connectivity index (χ0v) is 11.3. The molecule has 0 fully saturated rings. The van der Waals surface area contributed by atoms with Gasteiger partial charge >= 0.3 is 6.18 Å². The molecule has 1 aromatic carbocycles. The highest BCUT2D eigenvalue weighted by molar-refractivity contribution is 7.95. The van der Waals surface area contributed by atoms with Crippen LogP contribution in [0, 0.1) is 0 Å². The van der Waals surface area contributed by atoms with E-state index in [1.54, 1.807) is 6.92 Å². The lowest BCUT2D eigenvalue weighted by Gasteiger charge is -2.10. The minimum absolute atomic E-state index is 0.0838. The molecule has 0 spiro atoms. The fourth-order valence-electron chi connectivity index (χ4n) is 2.01. The summed E-state index contributed by atoms with van der Waals surface area (Å²) in [4.78, 5) is -0.0213. The van der Waals surface area contributed by atoms with Gasteiger partial charge in [-0.15, -0.1) is 0 Å². The van der Waals surface area contributed by atoms with Crippen LogP contribution in [0.1, 0.15) is 18.9 Å². The fourth-order valence-corrected chi connectivity index (χ4v) is 3.79. The summed E-state index contributed by atoms with van der Waals surface area (Å²) in [5.74, 6) is -0.158. The van der Waals surface area contributed by atoms with Gasteiger partial charge in [-0.05, 0) is 24.6 Å². The van der Waals surface area contributed by atoms with Gasteiger partial charge in [0.15, 0.2) is 6.61 Å². The number of halogens is 3. The fraction of sp³-hybridized carbons (Fsp3) is 0.333. The Morgan fingerprint density at radius 3 is 2.50 bits per heavy atom. The van der Waals surface area contributed by atoms with Crippen LogP contribution < -0.4 is 10.5 Å². The Morgan fingerprint density at radius 1 is 1.30 bits per heavy atom. The molecule has 20 heavy (non-hydrogen) atoms. The predicted molar refractivity (Wildman–Crippen MR) is 66.6 cm³/mol. The van der Waals surface area contributed by atoms with Gasteiger partial charge in [-0.1, -0.05) is 6.92 Å². The minimum Gasteiger partial charge on any atom is -0.484 e. The van der Waals surface area contributed by atoms with Crippen molar-refractivity contribution in [3.8, 4) is 5.75 Å². The lowest BCUT2D eigenvalue weighted by Crippen LogP contribution is -2.19. The van der Waals surface area contributed by atoms with Crippen LogP contribution in [-0.2, 0) is 9.84 Å². The van der Waals surface area contributed by atoms with Crippen LogP contribution in [0.4, 0.5) is 13.2 Å². The van der Waals surface area contributed by atoms with Crippen molar-refractivity contribution in [1.29, 1.82) is 0 Å². The number of benzene rings is 1. The van der Waals surface area contributed by atoms with Gasteiger partial charge in [0.2, 0.25) is 9.84 Å². The molecule has 0 aliphatic carbocycles. The van der Waals surface area contributed by atoms with Gasteiger partial charge in [-0.25, -0.2) is 8.42 Å². The molecule has 0 amide bonds. The molecule has 2 N–H and O–H groups in total. The maximum absolute atomic E-state index is 12.2. The van der Waals surface area contributed by atoms with Crippen LogP contribution in [0.2, 0.25) is 0 Å². The summed E-state index contributed by atoms with van der Waals surface area (Å²) in [5, 5.41) is 0. The molecule has 0 saturated heterocycles. The number of allylic oxidation sites excluding steroid dienone is 1. The summed E-state index contributed by atoms with van der Waals surface area (Å²) in [6.07, 6.45) is -4.26. The Morgan fingerprint density at radius 2 is 1.95 bits per heavy atom. The molecule has 1 aliphatic rings. The van der Waals surface area contributed by atoms with E-state index in [1.807, 2.05) is 0 Å². The third-order valence-corrected chi connectivity index (χ3v) is 4.96. The summed E-state index contributed by atoms with van der Waals surface area (Å²) < 4.78 is 65.1. The molecule has 1 heterocycles. The van der Waals surface area contributed by atoms with Gasteiger partial charge in [0.05, 0.1) is 15.5 Å². The summed E-state index contributed by atoms with van der Waals surface area (Å²) in [5.41, 5.74) is 6.20. The van der Waals surface area contributed by atoms with Crippen molar-refractivity contribution in [3.05, 3.63) is 28.7 Å². The number of hydrogen-bond donors (Lipinski definition) is 1. The van der Waals surface area contributed by atoms with Gasteiger partial charge < -0.3 is 10.5 Å². The van der Waals surface area contributed by atoms with Crippen molar-refractivity contribution in [3.63, 3.8) is 0 Å². The van der Waals surface area contributed by atoms with E-state index < -0.39 is 22.6 Å². The molecule has 1 aliphatic heterocycles. The standard InChI is InChI=1S/C12H12F3NO3S/c1-2-9-11(16)8-4-3-7(19-6-12(13,14)15)5-10(8)20(9,17)18/h3-5H,2,6,16H2,1H3. The van der Waals surface area contributed by atoms with E-state index in [0.717, 1.165) is 6.07 Å². The van der Waals surface area contributed by atoms with Gasteiger partial charge in [0.25, 0.3) is 0 Å². The van der Waals surface area contributed by atoms with Crippen molar-refractivity contribution in [1.82, 2.24) is 0 Å². The van der Waals surface area contributed by atoms with Crippen LogP contribution in [0.3, 0.4) is 0 Å². The molecule has 0 unspecified atom stereocenters. The maximum Gasteiger partial charge on any atom is 0.422 e. The van der Waals surface area contributed by atoms with Gasteiger partial charge in [-0.2, -0.15) is 13.2 Å². The minimum atomic E-state index is -4.48. The number of fused-ring (bicyclic) bond motifs is 1.